The van der Waals surface area contributed by atoms with Gasteiger partial charge in [0, 0.05) is 6.42 Å². The average molecular weight is 267 g/mol. The third-order valence-electron chi connectivity index (χ3n) is 3.54. The van der Waals surface area contributed by atoms with Crippen LogP contribution in [0, 0.1) is 6.92 Å². The van der Waals surface area contributed by atoms with Crippen molar-refractivity contribution in [1.29, 1.82) is 0 Å². The summed E-state index contributed by atoms with van der Waals surface area (Å²) in [5.41, 5.74) is 4.49. The number of hydrogen-bond acceptors (Lipinski definition) is 3. The van der Waals surface area contributed by atoms with E-state index in [9.17, 15) is 0 Å². The minimum atomic E-state index is 0.0210. The summed E-state index contributed by atoms with van der Waals surface area (Å²) < 4.78 is 5.16. The molecule has 3 rings (SSSR count). The van der Waals surface area contributed by atoms with Gasteiger partial charge in [-0.2, -0.15) is 0 Å². The molecule has 1 atom stereocenters. The lowest BCUT2D eigenvalue weighted by Gasteiger charge is -2.08. The zero-order valence-electron chi connectivity index (χ0n) is 11.7. The predicted molar refractivity (Wildman–Crippen MR) is 79.2 cm³/mol. The fourth-order valence-corrected chi connectivity index (χ4v) is 2.29. The third kappa shape index (κ3) is 2.52. The monoisotopic (exact) mass is 267 g/mol. The molecule has 2 aromatic rings. The highest BCUT2D eigenvalue weighted by molar-refractivity contribution is 6.01. The second kappa shape index (κ2) is 5.37. The van der Waals surface area contributed by atoms with Crippen molar-refractivity contribution in [2.24, 2.45) is 5.16 Å². The van der Waals surface area contributed by atoms with Crippen LogP contribution in [-0.4, -0.2) is 12.8 Å². The van der Waals surface area contributed by atoms with Crippen LogP contribution in [0.25, 0.3) is 0 Å². The first-order chi connectivity index (χ1) is 9.76. The summed E-state index contributed by atoms with van der Waals surface area (Å²) in [6.07, 6.45) is 0.822. The van der Waals surface area contributed by atoms with Crippen LogP contribution in [0.5, 0.6) is 5.75 Å². The van der Waals surface area contributed by atoms with Crippen molar-refractivity contribution in [3.8, 4) is 5.75 Å². The molecule has 0 spiro atoms. The number of aryl methyl sites for hydroxylation is 1. The van der Waals surface area contributed by atoms with Crippen LogP contribution in [0.3, 0.4) is 0 Å². The van der Waals surface area contributed by atoms with Crippen LogP contribution in [-0.2, 0) is 4.84 Å². The lowest BCUT2D eigenvalue weighted by Crippen LogP contribution is -2.01. The minimum absolute atomic E-state index is 0.0210. The molecule has 3 nitrogen and oxygen atoms in total. The molecular formula is C17H17NO2. The molecule has 2 aromatic carbocycles. The molecule has 0 saturated carbocycles. The first kappa shape index (κ1) is 12.7. The molecule has 0 saturated heterocycles. The molecule has 1 aliphatic heterocycles. The summed E-state index contributed by atoms with van der Waals surface area (Å²) >= 11 is 0. The Morgan fingerprint density at radius 3 is 2.40 bits per heavy atom. The molecule has 0 bridgehead atoms. The van der Waals surface area contributed by atoms with E-state index in [1.54, 1.807) is 7.11 Å². The molecule has 3 heteroatoms. The largest absolute Gasteiger partial charge is 0.497 e. The highest BCUT2D eigenvalue weighted by Gasteiger charge is 2.23. The summed E-state index contributed by atoms with van der Waals surface area (Å²) in [6, 6.07) is 16.3. The van der Waals surface area contributed by atoms with Crippen molar-refractivity contribution < 1.29 is 9.57 Å². The Morgan fingerprint density at radius 1 is 1.05 bits per heavy atom. The number of oxime groups is 1. The van der Waals surface area contributed by atoms with Crippen molar-refractivity contribution in [3.63, 3.8) is 0 Å². The Hall–Kier alpha value is -2.29. The van der Waals surface area contributed by atoms with Gasteiger partial charge in [0.05, 0.1) is 12.8 Å². The SMILES string of the molecule is COc1ccc(C2=NO[C@@H](c3ccc(C)cc3)C2)cc1. The van der Waals surface area contributed by atoms with Gasteiger partial charge in [-0.05, 0) is 42.3 Å². The van der Waals surface area contributed by atoms with Gasteiger partial charge in [-0.15, -0.1) is 0 Å². The van der Waals surface area contributed by atoms with E-state index in [1.165, 1.54) is 11.1 Å². The number of rotatable bonds is 3. The fourth-order valence-electron chi connectivity index (χ4n) is 2.29. The van der Waals surface area contributed by atoms with Crippen molar-refractivity contribution >= 4 is 5.71 Å². The van der Waals surface area contributed by atoms with Crippen molar-refractivity contribution in [2.75, 3.05) is 7.11 Å². The smallest absolute Gasteiger partial charge is 0.158 e. The maximum Gasteiger partial charge on any atom is 0.158 e. The average Bonchev–Trinajstić information content (AvgIpc) is 2.98. The topological polar surface area (TPSA) is 30.8 Å². The second-order valence-corrected chi connectivity index (χ2v) is 4.98. The minimum Gasteiger partial charge on any atom is -0.497 e. The molecule has 102 valence electrons. The van der Waals surface area contributed by atoms with E-state index >= 15 is 0 Å². The number of ether oxygens (including phenoxy) is 1. The van der Waals surface area contributed by atoms with Crippen LogP contribution in [0.4, 0.5) is 0 Å². The summed E-state index contributed by atoms with van der Waals surface area (Å²) in [6.45, 7) is 2.08. The summed E-state index contributed by atoms with van der Waals surface area (Å²) in [5.74, 6) is 0.850. The molecule has 0 aliphatic carbocycles. The lowest BCUT2D eigenvalue weighted by atomic mass is 9.99. The van der Waals surface area contributed by atoms with E-state index in [0.717, 1.165) is 23.4 Å². The maximum absolute atomic E-state index is 5.56. The zero-order valence-corrected chi connectivity index (χ0v) is 11.7. The van der Waals surface area contributed by atoms with Crippen LogP contribution in [0.15, 0.2) is 53.7 Å². The van der Waals surface area contributed by atoms with Gasteiger partial charge in [0.15, 0.2) is 6.10 Å². The molecule has 0 unspecified atom stereocenters. The Morgan fingerprint density at radius 2 is 1.75 bits per heavy atom. The number of benzene rings is 2. The van der Waals surface area contributed by atoms with Gasteiger partial charge in [-0.3, -0.25) is 0 Å². The Labute approximate surface area is 118 Å². The first-order valence-corrected chi connectivity index (χ1v) is 6.70. The van der Waals surface area contributed by atoms with Crippen molar-refractivity contribution in [2.45, 2.75) is 19.4 Å². The highest BCUT2D eigenvalue weighted by Crippen LogP contribution is 2.30. The molecule has 0 amide bonds. The molecule has 0 N–H and O–H groups in total. The molecule has 1 heterocycles. The van der Waals surface area contributed by atoms with Gasteiger partial charge in [-0.25, -0.2) is 0 Å². The van der Waals surface area contributed by atoms with Crippen LogP contribution < -0.4 is 4.74 Å². The van der Waals surface area contributed by atoms with E-state index in [-0.39, 0.29) is 6.10 Å². The van der Waals surface area contributed by atoms with Gasteiger partial charge in [0.25, 0.3) is 0 Å². The molecule has 1 aliphatic rings. The van der Waals surface area contributed by atoms with E-state index in [2.05, 4.69) is 36.3 Å². The normalized spacial score (nSPS) is 17.5. The summed E-state index contributed by atoms with van der Waals surface area (Å²) in [4.78, 5) is 5.56. The van der Waals surface area contributed by atoms with E-state index in [0.29, 0.717) is 0 Å². The number of nitrogens with zero attached hydrogens (tertiary/aromatic N) is 1. The van der Waals surface area contributed by atoms with Gasteiger partial charge in [0.1, 0.15) is 5.75 Å². The highest BCUT2D eigenvalue weighted by atomic mass is 16.6. The molecular weight excluding hydrogens is 250 g/mol. The summed E-state index contributed by atoms with van der Waals surface area (Å²) in [7, 11) is 1.67. The van der Waals surface area contributed by atoms with Crippen molar-refractivity contribution in [1.82, 2.24) is 0 Å². The Bertz CT molecular complexity index is 614. The quantitative estimate of drug-likeness (QED) is 0.845. The molecule has 0 radical (unpaired) electrons. The predicted octanol–water partition coefficient (Wildman–Crippen LogP) is 3.87. The Kier molecular flexibility index (Phi) is 3.42. The molecule has 0 aromatic heterocycles. The maximum atomic E-state index is 5.56. The van der Waals surface area contributed by atoms with Crippen LogP contribution in [0.1, 0.15) is 29.2 Å². The van der Waals surface area contributed by atoms with Gasteiger partial charge in [0.2, 0.25) is 0 Å². The van der Waals surface area contributed by atoms with Gasteiger partial charge >= 0.3 is 0 Å². The first-order valence-electron chi connectivity index (χ1n) is 6.70. The van der Waals surface area contributed by atoms with Crippen LogP contribution in [0.2, 0.25) is 0 Å². The van der Waals surface area contributed by atoms with Gasteiger partial charge < -0.3 is 9.57 Å². The van der Waals surface area contributed by atoms with Crippen LogP contribution >= 0.6 is 0 Å². The standard InChI is InChI=1S/C17H17NO2/c1-12-3-5-14(6-4-12)17-11-16(18-20-17)13-7-9-15(19-2)10-8-13/h3-10,17H,11H2,1-2H3/t17-/m1/s1. The molecule has 20 heavy (non-hydrogen) atoms. The number of methoxy groups -OCH3 is 1. The molecule has 0 fully saturated rings. The van der Waals surface area contributed by atoms with E-state index in [1.807, 2.05) is 24.3 Å². The van der Waals surface area contributed by atoms with Gasteiger partial charge in [-0.1, -0.05) is 35.0 Å². The van der Waals surface area contributed by atoms with E-state index < -0.39 is 0 Å². The van der Waals surface area contributed by atoms with E-state index in [4.69, 9.17) is 9.57 Å². The van der Waals surface area contributed by atoms with Crippen molar-refractivity contribution in [3.05, 3.63) is 65.2 Å². The second-order valence-electron chi connectivity index (χ2n) is 4.98. The third-order valence-corrected chi connectivity index (χ3v) is 3.54. The lowest BCUT2D eigenvalue weighted by molar-refractivity contribution is 0.0857. The number of hydrogen-bond donors (Lipinski definition) is 0. The Balaban J connectivity index is 1.73. The fraction of sp³-hybridized carbons (Fsp3) is 0.235. The zero-order chi connectivity index (χ0) is 13.9. The summed E-state index contributed by atoms with van der Waals surface area (Å²) in [5, 5.41) is 4.22.